The van der Waals surface area contributed by atoms with Gasteiger partial charge in [-0.15, -0.1) is 0 Å². The Balaban J connectivity index is 1.67. The number of hydrogen-bond acceptors (Lipinski definition) is 2. The molecule has 2 fully saturated rings. The van der Waals surface area contributed by atoms with Crippen LogP contribution >= 0.6 is 0 Å². The molecule has 0 aliphatic heterocycles. The summed E-state index contributed by atoms with van der Waals surface area (Å²) in [7, 11) is 0. The second-order valence-corrected chi connectivity index (χ2v) is 14.1. The first-order valence-corrected chi connectivity index (χ1v) is 14.0. The van der Waals surface area contributed by atoms with E-state index in [9.17, 15) is 10.1 Å². The summed E-state index contributed by atoms with van der Waals surface area (Å²) in [5.74, 6) is 2.57. The maximum Gasteiger partial charge on any atom is 0.155 e. The summed E-state index contributed by atoms with van der Waals surface area (Å²) in [6.07, 6.45) is 12.3. The maximum atomic E-state index is 13.1. The summed E-state index contributed by atoms with van der Waals surface area (Å²) in [6, 6.07) is 2.40. The van der Waals surface area contributed by atoms with Crippen LogP contribution in [0.25, 0.3) is 0 Å². The average Bonchev–Trinajstić information content (AvgIpc) is 3.02. The molecule has 0 aromatic carbocycles. The number of hydrogen-bond donors (Lipinski definition) is 0. The van der Waals surface area contributed by atoms with E-state index in [1.165, 1.54) is 51.4 Å². The lowest BCUT2D eigenvalue weighted by atomic mass is 9.42. The van der Waals surface area contributed by atoms with Gasteiger partial charge in [-0.1, -0.05) is 85.8 Å². The van der Waals surface area contributed by atoms with E-state index < -0.39 is 11.3 Å². The van der Waals surface area contributed by atoms with Gasteiger partial charge in [-0.3, -0.25) is 4.79 Å². The molecule has 0 saturated heterocycles. The van der Waals surface area contributed by atoms with Gasteiger partial charge in [0.05, 0.1) is 6.07 Å². The first-order chi connectivity index (χ1) is 15.3. The van der Waals surface area contributed by atoms with E-state index in [2.05, 4.69) is 61.5 Å². The molecule has 4 aliphatic carbocycles. The molecular weight excluding hydrogens is 402 g/mol. The number of ketones is 1. The molecule has 0 bridgehead atoms. The molecule has 33 heavy (non-hydrogen) atoms. The molecule has 4 aliphatic rings. The van der Waals surface area contributed by atoms with Crippen LogP contribution in [0.4, 0.5) is 0 Å². The van der Waals surface area contributed by atoms with Crippen LogP contribution in [0.5, 0.6) is 0 Å². The molecule has 0 heterocycles. The van der Waals surface area contributed by atoms with Gasteiger partial charge >= 0.3 is 0 Å². The predicted octanol–water partition coefficient (Wildman–Crippen LogP) is 8.52. The number of fused-ring (bicyclic) bond motifs is 4. The fraction of sp³-hybridized carbons (Fsp3) is 0.871. The Labute approximate surface area is 204 Å². The Kier molecular flexibility index (Phi) is 6.24. The molecule has 2 nitrogen and oxygen atoms in total. The predicted molar refractivity (Wildman–Crippen MR) is 136 cm³/mol. The van der Waals surface area contributed by atoms with Crippen LogP contribution < -0.4 is 0 Å². The molecule has 0 radical (unpaired) electrons. The fourth-order valence-electron chi connectivity index (χ4n) is 9.78. The lowest BCUT2D eigenvalue weighted by Gasteiger charge is -2.61. The third-order valence-corrected chi connectivity index (χ3v) is 11.8. The normalized spacial score (nSPS) is 43.0. The molecule has 0 N–H and O–H groups in total. The van der Waals surface area contributed by atoms with Gasteiger partial charge in [-0.25, -0.2) is 0 Å². The molecule has 0 aromatic heterocycles. The van der Waals surface area contributed by atoms with Crippen molar-refractivity contribution < 1.29 is 4.79 Å². The van der Waals surface area contributed by atoms with Crippen molar-refractivity contribution in [1.29, 1.82) is 5.26 Å². The Morgan fingerprint density at radius 2 is 1.67 bits per heavy atom. The van der Waals surface area contributed by atoms with Crippen molar-refractivity contribution in [3.05, 3.63) is 11.1 Å². The fourth-order valence-corrected chi connectivity index (χ4v) is 9.78. The minimum absolute atomic E-state index is 0.0106. The van der Waals surface area contributed by atoms with Gasteiger partial charge in [0, 0.05) is 5.41 Å². The Morgan fingerprint density at radius 1 is 0.970 bits per heavy atom. The minimum Gasteiger partial charge on any atom is -0.298 e. The van der Waals surface area contributed by atoms with Crippen LogP contribution in [0.1, 0.15) is 120 Å². The molecule has 1 unspecified atom stereocenters. The average molecular weight is 452 g/mol. The van der Waals surface area contributed by atoms with E-state index in [4.69, 9.17) is 0 Å². The summed E-state index contributed by atoms with van der Waals surface area (Å²) < 4.78 is 0. The second kappa shape index (κ2) is 8.24. The topological polar surface area (TPSA) is 40.9 Å². The molecule has 0 spiro atoms. The highest BCUT2D eigenvalue weighted by molar-refractivity contribution is 5.90. The highest BCUT2D eigenvalue weighted by Crippen LogP contribution is 2.72. The number of carbonyl (C=O) groups is 1. The summed E-state index contributed by atoms with van der Waals surface area (Å²) in [4.78, 5) is 13.1. The van der Waals surface area contributed by atoms with Gasteiger partial charge in [-0.05, 0) is 84.9 Å². The van der Waals surface area contributed by atoms with Gasteiger partial charge in [-0.2, -0.15) is 5.26 Å². The third-order valence-electron chi connectivity index (χ3n) is 11.8. The summed E-state index contributed by atoms with van der Waals surface area (Å²) >= 11 is 0. The van der Waals surface area contributed by atoms with E-state index >= 15 is 0 Å². The SMILES string of the molecule is CC(C)CCC[C@@H](C)[C@H]1CC[C@@]2(C)C3=C(CC[C@]12C)[C@@]1(C)CC(C#N)C(=O)C(C)(C)[C@@H]1CC3. The first kappa shape index (κ1) is 25.0. The zero-order valence-corrected chi connectivity index (χ0v) is 22.8. The van der Waals surface area contributed by atoms with Crippen molar-refractivity contribution in [2.24, 2.45) is 51.2 Å². The van der Waals surface area contributed by atoms with Gasteiger partial charge in [0.1, 0.15) is 5.92 Å². The lowest BCUT2D eigenvalue weighted by molar-refractivity contribution is -0.143. The Morgan fingerprint density at radius 3 is 2.30 bits per heavy atom. The Hall–Kier alpha value is -1.10. The van der Waals surface area contributed by atoms with E-state index in [1.807, 2.05) is 0 Å². The second-order valence-electron chi connectivity index (χ2n) is 14.1. The third kappa shape index (κ3) is 3.50. The van der Waals surface area contributed by atoms with Gasteiger partial charge in [0.15, 0.2) is 5.78 Å². The van der Waals surface area contributed by atoms with Crippen LogP contribution in [0.2, 0.25) is 0 Å². The van der Waals surface area contributed by atoms with Gasteiger partial charge < -0.3 is 0 Å². The largest absolute Gasteiger partial charge is 0.298 e. The number of allylic oxidation sites excluding steroid dienone is 2. The van der Waals surface area contributed by atoms with Crippen LogP contribution in [0, 0.1) is 62.6 Å². The number of rotatable bonds is 5. The Bertz CT molecular complexity index is 874. The smallest absolute Gasteiger partial charge is 0.155 e. The van der Waals surface area contributed by atoms with E-state index in [0.29, 0.717) is 16.7 Å². The summed E-state index contributed by atoms with van der Waals surface area (Å²) in [6.45, 7) is 19.2. The summed E-state index contributed by atoms with van der Waals surface area (Å²) in [5.41, 5.74) is 3.73. The number of carbonyl (C=O) groups excluding carboxylic acids is 1. The first-order valence-electron chi connectivity index (χ1n) is 14.0. The monoisotopic (exact) mass is 451 g/mol. The van der Waals surface area contributed by atoms with Crippen molar-refractivity contribution >= 4 is 5.78 Å². The number of nitriles is 1. The quantitative estimate of drug-likeness (QED) is 0.393. The standard InChI is InChI=1S/C31H49NO/c1-20(2)10-9-11-21(3)23-14-16-31(8)25-12-13-26-28(4,5)27(33)22(19-32)18-29(26,6)24(25)15-17-30(23,31)7/h20-23,26H,9-18H2,1-8H3/t21-,22?,23-,26+,29-,30-,31+/m1/s1. The van der Waals surface area contributed by atoms with Crippen molar-refractivity contribution in [1.82, 2.24) is 0 Å². The van der Waals surface area contributed by atoms with E-state index in [0.717, 1.165) is 30.6 Å². The van der Waals surface area contributed by atoms with Gasteiger partial charge in [0.25, 0.3) is 0 Å². The van der Waals surface area contributed by atoms with Crippen molar-refractivity contribution in [2.75, 3.05) is 0 Å². The zero-order chi connectivity index (χ0) is 24.4. The van der Waals surface area contributed by atoms with E-state index in [1.54, 1.807) is 11.1 Å². The number of Topliss-reactive ketones (excluding diaryl/α,β-unsaturated/α-hetero) is 1. The molecule has 2 saturated carbocycles. The van der Waals surface area contributed by atoms with Crippen molar-refractivity contribution in [3.8, 4) is 6.07 Å². The van der Waals surface area contributed by atoms with Crippen LogP contribution in [-0.2, 0) is 4.79 Å². The zero-order valence-electron chi connectivity index (χ0n) is 22.8. The van der Waals surface area contributed by atoms with Crippen LogP contribution in [0.3, 0.4) is 0 Å². The molecule has 0 amide bonds. The summed E-state index contributed by atoms with van der Waals surface area (Å²) in [5, 5.41) is 9.85. The highest BCUT2D eigenvalue weighted by atomic mass is 16.1. The van der Waals surface area contributed by atoms with Crippen molar-refractivity contribution in [3.63, 3.8) is 0 Å². The molecule has 2 heteroatoms. The lowest BCUT2D eigenvalue weighted by Crippen LogP contribution is -2.56. The van der Waals surface area contributed by atoms with Gasteiger partial charge in [0.2, 0.25) is 0 Å². The molecule has 0 aromatic rings. The molecule has 4 rings (SSSR count). The van der Waals surface area contributed by atoms with Crippen molar-refractivity contribution in [2.45, 2.75) is 120 Å². The van der Waals surface area contributed by atoms with E-state index in [-0.39, 0.29) is 11.2 Å². The highest BCUT2D eigenvalue weighted by Gasteiger charge is 2.64. The van der Waals surface area contributed by atoms with Crippen LogP contribution in [-0.4, -0.2) is 5.78 Å². The molecule has 7 atom stereocenters. The minimum atomic E-state index is -0.438. The molecule has 184 valence electrons. The maximum absolute atomic E-state index is 13.1. The van der Waals surface area contributed by atoms with Crippen LogP contribution in [0.15, 0.2) is 11.1 Å². The number of nitrogens with zero attached hydrogens (tertiary/aromatic N) is 1. The molecular formula is C31H49NO.